The van der Waals surface area contributed by atoms with Gasteiger partial charge in [-0.15, -0.1) is 0 Å². The molecule has 0 bridgehead atoms. The number of fused-ring (bicyclic) bond motifs is 1. The third-order valence-electron chi connectivity index (χ3n) is 4.63. The number of thiazole rings is 1. The van der Waals surface area contributed by atoms with Crippen molar-refractivity contribution in [2.45, 2.75) is 17.6 Å². The lowest BCUT2D eigenvalue weighted by atomic mass is 10.2. The average Bonchev–Trinajstić information content (AvgIpc) is 3.22. The first-order chi connectivity index (χ1) is 15.0. The summed E-state index contributed by atoms with van der Waals surface area (Å²) in [7, 11) is -3.91. The highest BCUT2D eigenvalue weighted by Gasteiger charge is 2.29. The molecule has 0 amide bonds. The van der Waals surface area contributed by atoms with E-state index in [-0.39, 0.29) is 18.0 Å². The van der Waals surface area contributed by atoms with Crippen LogP contribution in [0.5, 0.6) is 0 Å². The van der Waals surface area contributed by atoms with Gasteiger partial charge in [0.25, 0.3) is 10.0 Å². The van der Waals surface area contributed by atoms with Gasteiger partial charge in [-0.25, -0.2) is 17.7 Å². The largest absolute Gasteiger partial charge is 0.389 e. The molecule has 1 N–H and O–H groups in total. The van der Waals surface area contributed by atoms with Crippen molar-refractivity contribution in [3.63, 3.8) is 0 Å². The summed E-state index contributed by atoms with van der Waals surface area (Å²) in [6.07, 6.45) is -1.02. The van der Waals surface area contributed by atoms with Crippen molar-refractivity contribution >= 4 is 36.7 Å². The fourth-order valence-corrected chi connectivity index (χ4v) is 5.76. The number of aromatic nitrogens is 1. The molecule has 1 aromatic heterocycles. The highest BCUT2D eigenvalue weighted by atomic mass is 32.2. The van der Waals surface area contributed by atoms with E-state index < -0.39 is 16.1 Å². The number of benzene rings is 3. The van der Waals surface area contributed by atoms with Gasteiger partial charge in [-0.2, -0.15) is 0 Å². The zero-order valence-corrected chi connectivity index (χ0v) is 18.3. The predicted molar refractivity (Wildman–Crippen MR) is 123 cm³/mol. The molecule has 1 heterocycles. The third kappa shape index (κ3) is 5.11. The fourth-order valence-electron chi connectivity index (χ4n) is 3.10. The van der Waals surface area contributed by atoms with Crippen molar-refractivity contribution in [1.82, 2.24) is 4.98 Å². The van der Waals surface area contributed by atoms with E-state index in [9.17, 15) is 13.5 Å². The van der Waals surface area contributed by atoms with E-state index in [1.165, 1.54) is 27.8 Å². The van der Waals surface area contributed by atoms with Crippen LogP contribution >= 0.6 is 11.3 Å². The second-order valence-electron chi connectivity index (χ2n) is 6.97. The monoisotopic (exact) mass is 454 g/mol. The number of hydrogen-bond donors (Lipinski definition) is 1. The van der Waals surface area contributed by atoms with Gasteiger partial charge in [0.1, 0.15) is 0 Å². The van der Waals surface area contributed by atoms with Crippen LogP contribution in [0.3, 0.4) is 0 Å². The van der Waals surface area contributed by atoms with E-state index in [1.54, 1.807) is 18.2 Å². The molecule has 0 aliphatic rings. The van der Waals surface area contributed by atoms with Crippen molar-refractivity contribution < 1.29 is 18.3 Å². The van der Waals surface area contributed by atoms with E-state index in [0.29, 0.717) is 17.3 Å². The first kappa shape index (κ1) is 21.5. The van der Waals surface area contributed by atoms with Crippen LogP contribution < -0.4 is 4.31 Å². The van der Waals surface area contributed by atoms with Gasteiger partial charge in [0, 0.05) is 0 Å². The van der Waals surface area contributed by atoms with E-state index in [4.69, 9.17) is 4.74 Å². The molecule has 1 atom stereocenters. The number of anilines is 1. The summed E-state index contributed by atoms with van der Waals surface area (Å²) >= 11 is 1.27. The van der Waals surface area contributed by atoms with Crippen LogP contribution in [-0.4, -0.2) is 37.8 Å². The maximum absolute atomic E-state index is 13.4. The highest BCUT2D eigenvalue weighted by Crippen LogP contribution is 2.32. The molecule has 0 unspecified atom stereocenters. The van der Waals surface area contributed by atoms with Crippen LogP contribution in [0, 0.1) is 0 Å². The van der Waals surface area contributed by atoms with E-state index >= 15 is 0 Å². The van der Waals surface area contributed by atoms with Crippen molar-refractivity contribution in [3.05, 3.63) is 90.5 Å². The normalized spacial score (nSPS) is 12.7. The molecule has 0 fully saturated rings. The topological polar surface area (TPSA) is 79.7 Å². The van der Waals surface area contributed by atoms with Crippen LogP contribution in [0.1, 0.15) is 5.56 Å². The molecule has 0 radical (unpaired) electrons. The van der Waals surface area contributed by atoms with Gasteiger partial charge in [-0.3, -0.25) is 0 Å². The maximum Gasteiger partial charge on any atom is 0.266 e. The second-order valence-corrected chi connectivity index (χ2v) is 9.84. The summed E-state index contributed by atoms with van der Waals surface area (Å²) < 4.78 is 34.4. The highest BCUT2D eigenvalue weighted by molar-refractivity contribution is 7.93. The first-order valence-corrected chi connectivity index (χ1v) is 12.0. The SMILES string of the molecule is O=S(=O)(c1ccccc1)N(C[C@@H](O)COCc1ccccc1)c1nc2ccccc2s1. The van der Waals surface area contributed by atoms with Crippen LogP contribution in [0.2, 0.25) is 0 Å². The van der Waals surface area contributed by atoms with E-state index in [2.05, 4.69) is 4.98 Å². The Balaban J connectivity index is 1.56. The Morgan fingerprint density at radius 2 is 1.58 bits per heavy atom. The average molecular weight is 455 g/mol. The Labute approximate surface area is 185 Å². The number of sulfonamides is 1. The number of para-hydroxylation sites is 1. The lowest BCUT2D eigenvalue weighted by Crippen LogP contribution is -2.39. The standard InChI is InChI=1S/C23H22N2O4S2/c26-19(17-29-16-18-9-3-1-4-10-18)15-25(31(27,28)20-11-5-2-6-12-20)23-24-21-13-7-8-14-22(21)30-23/h1-14,19,26H,15-17H2/t19-/m1/s1. The molecule has 0 spiro atoms. The lowest BCUT2D eigenvalue weighted by Gasteiger charge is -2.24. The van der Waals surface area contributed by atoms with Crippen LogP contribution in [0.4, 0.5) is 5.13 Å². The third-order valence-corrected chi connectivity index (χ3v) is 7.57. The Morgan fingerprint density at radius 1 is 0.935 bits per heavy atom. The zero-order valence-electron chi connectivity index (χ0n) is 16.7. The molecule has 0 aliphatic carbocycles. The number of rotatable bonds is 9. The quantitative estimate of drug-likeness (QED) is 0.412. The minimum absolute atomic E-state index is 0.000594. The van der Waals surface area contributed by atoms with E-state index in [0.717, 1.165) is 10.3 Å². The molecular formula is C23H22N2O4S2. The predicted octanol–water partition coefficient (Wildman–Crippen LogP) is 4.07. The molecule has 8 heteroatoms. The first-order valence-electron chi connectivity index (χ1n) is 9.77. The fraction of sp³-hybridized carbons (Fsp3) is 0.174. The summed E-state index contributed by atoms with van der Waals surface area (Å²) in [6.45, 7) is 0.177. The van der Waals surface area contributed by atoms with Gasteiger partial charge in [0.2, 0.25) is 5.13 Å². The molecule has 31 heavy (non-hydrogen) atoms. The molecule has 4 aromatic rings. The molecular weight excluding hydrogens is 432 g/mol. The molecule has 0 saturated carbocycles. The van der Waals surface area contributed by atoms with Crippen molar-refractivity contribution in [3.8, 4) is 0 Å². The maximum atomic E-state index is 13.4. The smallest absolute Gasteiger partial charge is 0.266 e. The number of hydrogen-bond acceptors (Lipinski definition) is 6. The Morgan fingerprint density at radius 3 is 2.29 bits per heavy atom. The van der Waals surface area contributed by atoms with E-state index in [1.807, 2.05) is 54.6 Å². The molecule has 3 aromatic carbocycles. The van der Waals surface area contributed by atoms with Gasteiger partial charge >= 0.3 is 0 Å². The molecule has 0 saturated heterocycles. The number of ether oxygens (including phenoxy) is 1. The molecule has 4 rings (SSSR count). The van der Waals surface area contributed by atoms with Gasteiger partial charge in [0.05, 0.1) is 41.0 Å². The minimum Gasteiger partial charge on any atom is -0.389 e. The summed E-state index contributed by atoms with van der Waals surface area (Å²) in [5.41, 5.74) is 1.69. The van der Waals surface area contributed by atoms with Crippen molar-refractivity contribution in [1.29, 1.82) is 0 Å². The van der Waals surface area contributed by atoms with Crippen molar-refractivity contribution in [2.75, 3.05) is 17.5 Å². The summed E-state index contributed by atoms with van der Waals surface area (Å²) in [4.78, 5) is 4.64. The van der Waals surface area contributed by atoms with Gasteiger partial charge in [0.15, 0.2) is 0 Å². The Kier molecular flexibility index (Phi) is 6.62. The molecule has 6 nitrogen and oxygen atoms in total. The van der Waals surface area contributed by atoms with Crippen molar-refractivity contribution in [2.24, 2.45) is 0 Å². The number of aliphatic hydroxyl groups excluding tert-OH is 1. The number of aliphatic hydroxyl groups is 1. The van der Waals surface area contributed by atoms with Gasteiger partial charge in [-0.05, 0) is 29.8 Å². The Hall–Kier alpha value is -2.78. The van der Waals surface area contributed by atoms with Crippen LogP contribution in [0.25, 0.3) is 10.2 Å². The van der Waals surface area contributed by atoms with Crippen LogP contribution in [0.15, 0.2) is 89.8 Å². The summed E-state index contributed by atoms with van der Waals surface area (Å²) in [5, 5.41) is 10.9. The van der Waals surface area contributed by atoms with Gasteiger partial charge in [-0.1, -0.05) is 72.0 Å². The Bertz CT molecular complexity index is 1200. The van der Waals surface area contributed by atoms with Gasteiger partial charge < -0.3 is 9.84 Å². The summed E-state index contributed by atoms with van der Waals surface area (Å²) in [6, 6.07) is 25.2. The minimum atomic E-state index is -3.91. The second kappa shape index (κ2) is 9.57. The zero-order chi connectivity index (χ0) is 21.7. The lowest BCUT2D eigenvalue weighted by molar-refractivity contribution is 0.0334. The number of nitrogens with zero attached hydrogens (tertiary/aromatic N) is 2. The molecule has 0 aliphatic heterocycles. The molecule has 160 valence electrons. The van der Waals surface area contributed by atoms with Crippen LogP contribution in [-0.2, 0) is 21.4 Å². The summed E-state index contributed by atoms with van der Waals surface area (Å²) in [5.74, 6) is 0.